The minimum atomic E-state index is -0.350. The lowest BCUT2D eigenvalue weighted by molar-refractivity contribution is -0.125. The summed E-state index contributed by atoms with van der Waals surface area (Å²) in [5.41, 5.74) is 0. The summed E-state index contributed by atoms with van der Waals surface area (Å²) in [6.45, 7) is 5.45. The lowest BCUT2D eigenvalue weighted by Crippen LogP contribution is -2.52. The number of carbonyl (C=O) groups is 1. The molecule has 1 heterocycles. The Morgan fingerprint density at radius 3 is 2.65 bits per heavy atom. The normalized spacial score (nSPS) is 33.6. The number of hydrogen-bond acceptors (Lipinski definition) is 3. The van der Waals surface area contributed by atoms with Gasteiger partial charge in [0.25, 0.3) is 0 Å². The van der Waals surface area contributed by atoms with Gasteiger partial charge < -0.3 is 10.4 Å². The van der Waals surface area contributed by atoms with E-state index in [-0.39, 0.29) is 18.1 Å². The molecule has 1 saturated heterocycles. The van der Waals surface area contributed by atoms with Crippen molar-refractivity contribution in [3.8, 4) is 0 Å². The predicted molar refractivity (Wildman–Crippen MR) is 80.5 cm³/mol. The van der Waals surface area contributed by atoms with Crippen LogP contribution >= 0.6 is 0 Å². The van der Waals surface area contributed by atoms with Gasteiger partial charge in [0.05, 0.1) is 12.6 Å². The fraction of sp³-hybridized carbons (Fsp3) is 0.938. The molecule has 0 bridgehead atoms. The maximum absolute atomic E-state index is 12.3. The summed E-state index contributed by atoms with van der Waals surface area (Å²) in [6.07, 6.45) is 7.82. The zero-order valence-corrected chi connectivity index (χ0v) is 13.0. The number of aliphatic hydroxyl groups is 1. The number of amides is 1. The zero-order valence-electron chi connectivity index (χ0n) is 13.0. The smallest absolute Gasteiger partial charge is 0.234 e. The molecule has 2 fully saturated rings. The molecule has 2 N–H and O–H groups in total. The Bertz CT molecular complexity index is 320. The van der Waals surface area contributed by atoms with Crippen molar-refractivity contribution in [1.29, 1.82) is 0 Å². The van der Waals surface area contributed by atoms with Gasteiger partial charge in [0.2, 0.25) is 5.91 Å². The van der Waals surface area contributed by atoms with Gasteiger partial charge >= 0.3 is 0 Å². The molecule has 1 saturated carbocycles. The van der Waals surface area contributed by atoms with Crippen LogP contribution in [0.25, 0.3) is 0 Å². The number of piperidine rings is 1. The van der Waals surface area contributed by atoms with E-state index in [0.717, 1.165) is 32.2 Å². The largest absolute Gasteiger partial charge is 0.392 e. The molecule has 4 heteroatoms. The van der Waals surface area contributed by atoms with E-state index in [1.54, 1.807) is 0 Å². The van der Waals surface area contributed by atoms with Crippen molar-refractivity contribution < 1.29 is 9.90 Å². The average Bonchev–Trinajstić information content (AvgIpc) is 2.41. The third kappa shape index (κ3) is 4.19. The average molecular weight is 282 g/mol. The van der Waals surface area contributed by atoms with Crippen molar-refractivity contribution in [3.05, 3.63) is 0 Å². The fourth-order valence-electron chi connectivity index (χ4n) is 3.73. The molecule has 1 aliphatic heterocycles. The first-order chi connectivity index (χ1) is 9.58. The van der Waals surface area contributed by atoms with Crippen LogP contribution in [0.1, 0.15) is 58.8 Å². The minimum Gasteiger partial charge on any atom is -0.392 e. The molecular formula is C16H30N2O2. The first-order valence-corrected chi connectivity index (χ1v) is 8.29. The summed E-state index contributed by atoms with van der Waals surface area (Å²) in [6, 6.07) is 0.504. The summed E-state index contributed by atoms with van der Waals surface area (Å²) < 4.78 is 0. The zero-order chi connectivity index (χ0) is 14.5. The predicted octanol–water partition coefficient (Wildman–Crippen LogP) is 1.92. The molecule has 2 rings (SSSR count). The van der Waals surface area contributed by atoms with Gasteiger partial charge in [0, 0.05) is 12.1 Å². The molecule has 1 aliphatic carbocycles. The van der Waals surface area contributed by atoms with Crippen LogP contribution in [-0.2, 0) is 4.79 Å². The lowest BCUT2D eigenvalue weighted by atomic mass is 9.86. The molecule has 2 aliphatic rings. The third-order valence-electron chi connectivity index (χ3n) is 5.03. The second-order valence-electron chi connectivity index (χ2n) is 6.71. The molecule has 1 amide bonds. The number of rotatable bonds is 4. The number of hydrogen-bond donors (Lipinski definition) is 2. The molecule has 0 unspecified atom stereocenters. The van der Waals surface area contributed by atoms with Gasteiger partial charge in [-0.2, -0.15) is 0 Å². The van der Waals surface area contributed by atoms with E-state index in [1.807, 2.05) is 6.92 Å². The van der Waals surface area contributed by atoms with Gasteiger partial charge in [-0.05, 0) is 45.1 Å². The van der Waals surface area contributed by atoms with Crippen LogP contribution in [0.5, 0.6) is 0 Å². The van der Waals surface area contributed by atoms with E-state index in [2.05, 4.69) is 17.1 Å². The van der Waals surface area contributed by atoms with Crippen LogP contribution in [0.3, 0.4) is 0 Å². The maximum atomic E-state index is 12.3. The monoisotopic (exact) mass is 282 g/mol. The summed E-state index contributed by atoms with van der Waals surface area (Å²) in [5.74, 6) is 0.734. The SMILES string of the molecule is C[C@H](O)[C@@H]1CCCCN1CC(=O)N[C@H]1CCCC[C@H]1C. The second kappa shape index (κ2) is 7.41. The Hall–Kier alpha value is -0.610. The Morgan fingerprint density at radius 1 is 1.25 bits per heavy atom. The van der Waals surface area contributed by atoms with Crippen LogP contribution in [-0.4, -0.2) is 47.2 Å². The van der Waals surface area contributed by atoms with Crippen molar-refractivity contribution >= 4 is 5.91 Å². The number of nitrogens with zero attached hydrogens (tertiary/aromatic N) is 1. The van der Waals surface area contributed by atoms with Crippen LogP contribution < -0.4 is 5.32 Å². The first kappa shape index (κ1) is 15.8. The molecule has 20 heavy (non-hydrogen) atoms. The van der Waals surface area contributed by atoms with Crippen molar-refractivity contribution in [1.82, 2.24) is 10.2 Å². The molecular weight excluding hydrogens is 252 g/mol. The number of nitrogens with one attached hydrogen (secondary N) is 1. The van der Waals surface area contributed by atoms with E-state index in [9.17, 15) is 9.90 Å². The van der Waals surface area contributed by atoms with Gasteiger partial charge in [-0.1, -0.05) is 26.2 Å². The van der Waals surface area contributed by atoms with Gasteiger partial charge in [0.15, 0.2) is 0 Å². The standard InChI is InChI=1S/C16H30N2O2/c1-12-7-3-4-8-14(12)17-16(20)11-18-10-6-5-9-15(18)13(2)19/h12-15,19H,3-11H2,1-2H3,(H,17,20)/t12-,13+,14+,15+/m1/s1. The van der Waals surface area contributed by atoms with E-state index >= 15 is 0 Å². The van der Waals surface area contributed by atoms with Gasteiger partial charge in [-0.15, -0.1) is 0 Å². The molecule has 116 valence electrons. The van der Waals surface area contributed by atoms with Crippen molar-refractivity contribution in [2.45, 2.75) is 77.0 Å². The topological polar surface area (TPSA) is 52.6 Å². The summed E-state index contributed by atoms with van der Waals surface area (Å²) in [4.78, 5) is 14.4. The molecule has 0 aromatic carbocycles. The number of likely N-dealkylation sites (tertiary alicyclic amines) is 1. The van der Waals surface area contributed by atoms with Crippen LogP contribution in [0, 0.1) is 5.92 Å². The highest BCUT2D eigenvalue weighted by Crippen LogP contribution is 2.24. The molecule has 0 aromatic rings. The Kier molecular flexibility index (Phi) is 5.85. The van der Waals surface area contributed by atoms with E-state index in [4.69, 9.17) is 0 Å². The highest BCUT2D eigenvalue weighted by Gasteiger charge is 2.29. The Labute approximate surface area is 122 Å². The lowest BCUT2D eigenvalue weighted by Gasteiger charge is -2.37. The molecule has 0 spiro atoms. The summed E-state index contributed by atoms with van der Waals surface area (Å²) in [5, 5.41) is 13.1. The molecule has 0 radical (unpaired) electrons. The number of aliphatic hydroxyl groups excluding tert-OH is 1. The van der Waals surface area contributed by atoms with E-state index < -0.39 is 0 Å². The fourth-order valence-corrected chi connectivity index (χ4v) is 3.73. The highest BCUT2D eigenvalue weighted by molar-refractivity contribution is 5.78. The summed E-state index contributed by atoms with van der Waals surface area (Å²) in [7, 11) is 0. The minimum absolute atomic E-state index is 0.135. The third-order valence-corrected chi connectivity index (χ3v) is 5.03. The first-order valence-electron chi connectivity index (χ1n) is 8.29. The molecule has 4 atom stereocenters. The van der Waals surface area contributed by atoms with Crippen molar-refractivity contribution in [2.24, 2.45) is 5.92 Å². The van der Waals surface area contributed by atoms with Crippen molar-refractivity contribution in [2.75, 3.05) is 13.1 Å². The quantitative estimate of drug-likeness (QED) is 0.828. The highest BCUT2D eigenvalue weighted by atomic mass is 16.3. The maximum Gasteiger partial charge on any atom is 0.234 e. The van der Waals surface area contributed by atoms with E-state index in [1.165, 1.54) is 19.3 Å². The summed E-state index contributed by atoms with van der Waals surface area (Å²) >= 11 is 0. The van der Waals surface area contributed by atoms with Gasteiger partial charge in [0.1, 0.15) is 0 Å². The van der Waals surface area contributed by atoms with Gasteiger partial charge in [-0.25, -0.2) is 0 Å². The Balaban J connectivity index is 1.83. The van der Waals surface area contributed by atoms with Crippen LogP contribution in [0.2, 0.25) is 0 Å². The number of carbonyl (C=O) groups excluding carboxylic acids is 1. The molecule has 0 aromatic heterocycles. The van der Waals surface area contributed by atoms with E-state index in [0.29, 0.717) is 18.5 Å². The second-order valence-corrected chi connectivity index (χ2v) is 6.71. The van der Waals surface area contributed by atoms with Crippen LogP contribution in [0.15, 0.2) is 0 Å². The van der Waals surface area contributed by atoms with Crippen molar-refractivity contribution in [3.63, 3.8) is 0 Å². The van der Waals surface area contributed by atoms with Crippen LogP contribution in [0.4, 0.5) is 0 Å². The van der Waals surface area contributed by atoms with Gasteiger partial charge in [-0.3, -0.25) is 9.69 Å². The Morgan fingerprint density at radius 2 is 1.95 bits per heavy atom. The molecule has 4 nitrogen and oxygen atoms in total.